The number of para-hydroxylation sites is 1. The van der Waals surface area contributed by atoms with Crippen molar-refractivity contribution in [1.29, 1.82) is 0 Å². The molecule has 1 aliphatic heterocycles. The predicted octanol–water partition coefficient (Wildman–Crippen LogP) is 2.06. The third kappa shape index (κ3) is 3.90. The van der Waals surface area contributed by atoms with Crippen LogP contribution in [0, 0.1) is 0 Å². The summed E-state index contributed by atoms with van der Waals surface area (Å²) in [5.74, 6) is 0.360. The fourth-order valence-electron chi connectivity index (χ4n) is 2.70. The minimum atomic E-state index is -0.435. The van der Waals surface area contributed by atoms with Gasteiger partial charge in [-0.05, 0) is 43.5 Å². The van der Waals surface area contributed by atoms with Crippen LogP contribution in [0.3, 0.4) is 0 Å². The van der Waals surface area contributed by atoms with Crippen molar-refractivity contribution < 1.29 is 9.59 Å². The number of urea groups is 2. The summed E-state index contributed by atoms with van der Waals surface area (Å²) >= 11 is 0. The Morgan fingerprint density at radius 2 is 1.64 bits per heavy atom. The maximum Gasteiger partial charge on any atom is 0.329 e. The minimum Gasteiger partial charge on any atom is -0.340 e. The fraction of sp³-hybridized carbons (Fsp3) is 0.467. The maximum absolute atomic E-state index is 12.1. The fourth-order valence-corrected chi connectivity index (χ4v) is 2.70. The van der Waals surface area contributed by atoms with Gasteiger partial charge in [0.1, 0.15) is 0 Å². The lowest BCUT2D eigenvalue weighted by Crippen LogP contribution is -2.47. The molecule has 0 unspecified atom stereocenters. The van der Waals surface area contributed by atoms with E-state index < -0.39 is 12.1 Å². The van der Waals surface area contributed by atoms with Crippen molar-refractivity contribution in [3.8, 4) is 0 Å². The van der Waals surface area contributed by atoms with Gasteiger partial charge < -0.3 is 16.0 Å². The zero-order chi connectivity index (χ0) is 15.2. The van der Waals surface area contributed by atoms with Crippen LogP contribution >= 0.6 is 12.4 Å². The number of rotatable bonds is 2. The molecule has 0 saturated carbocycles. The second-order valence-electron chi connectivity index (χ2n) is 5.03. The molecule has 7 heteroatoms. The molecule has 122 valence electrons. The SMILES string of the molecule is CNC(=O)N(C(=O)NC)c1ccccc1C1CCNCC1.Cl. The standard InChI is InChI=1S/C15H22N4O2.ClH/c1-16-14(20)19(15(21)17-2)13-6-4-3-5-12(13)11-7-9-18-10-8-11;/h3-6,11,18H,7-10H2,1-2H3,(H,16,20)(H,17,21);1H. The quantitative estimate of drug-likeness (QED) is 0.779. The van der Waals surface area contributed by atoms with Gasteiger partial charge in [0.25, 0.3) is 0 Å². The average Bonchev–Trinajstić information content (AvgIpc) is 2.56. The monoisotopic (exact) mass is 326 g/mol. The predicted molar refractivity (Wildman–Crippen MR) is 89.9 cm³/mol. The molecule has 2 rings (SSSR count). The molecular weight excluding hydrogens is 304 g/mol. The van der Waals surface area contributed by atoms with E-state index in [1.165, 1.54) is 14.1 Å². The van der Waals surface area contributed by atoms with Crippen LogP contribution in [0.4, 0.5) is 15.3 Å². The van der Waals surface area contributed by atoms with Crippen LogP contribution in [-0.2, 0) is 0 Å². The number of nitrogens with zero attached hydrogens (tertiary/aromatic N) is 1. The van der Waals surface area contributed by atoms with E-state index in [1.807, 2.05) is 24.3 Å². The molecule has 4 amide bonds. The average molecular weight is 327 g/mol. The van der Waals surface area contributed by atoms with Crippen molar-refractivity contribution in [2.75, 3.05) is 32.1 Å². The summed E-state index contributed by atoms with van der Waals surface area (Å²) in [4.78, 5) is 25.3. The molecule has 0 aromatic heterocycles. The molecule has 3 N–H and O–H groups in total. The molecule has 0 spiro atoms. The Balaban J connectivity index is 0.00000242. The van der Waals surface area contributed by atoms with Gasteiger partial charge in [-0.25, -0.2) is 14.5 Å². The third-order valence-electron chi connectivity index (χ3n) is 3.79. The third-order valence-corrected chi connectivity index (χ3v) is 3.79. The number of nitrogens with one attached hydrogen (secondary N) is 3. The van der Waals surface area contributed by atoms with Crippen molar-refractivity contribution >= 4 is 30.2 Å². The lowest BCUT2D eigenvalue weighted by Gasteiger charge is -2.28. The summed E-state index contributed by atoms with van der Waals surface area (Å²) in [5.41, 5.74) is 1.70. The van der Waals surface area contributed by atoms with Crippen LogP contribution in [0.1, 0.15) is 24.3 Å². The summed E-state index contributed by atoms with van der Waals surface area (Å²) in [6, 6.07) is 6.75. The number of carbonyl (C=O) groups is 2. The van der Waals surface area contributed by atoms with E-state index in [2.05, 4.69) is 16.0 Å². The van der Waals surface area contributed by atoms with Gasteiger partial charge in [-0.1, -0.05) is 18.2 Å². The number of halogens is 1. The van der Waals surface area contributed by atoms with Gasteiger partial charge in [0.05, 0.1) is 5.69 Å². The van der Waals surface area contributed by atoms with E-state index in [-0.39, 0.29) is 12.4 Å². The lowest BCUT2D eigenvalue weighted by atomic mass is 9.89. The highest BCUT2D eigenvalue weighted by Crippen LogP contribution is 2.33. The summed E-state index contributed by atoms with van der Waals surface area (Å²) in [6.45, 7) is 1.91. The molecule has 6 nitrogen and oxygen atoms in total. The number of benzene rings is 1. The number of hydrogen-bond donors (Lipinski definition) is 3. The number of amides is 4. The number of carbonyl (C=O) groups excluding carboxylic acids is 2. The van der Waals surface area contributed by atoms with E-state index in [0.717, 1.165) is 36.4 Å². The summed E-state index contributed by atoms with van der Waals surface area (Å²) in [5, 5.41) is 8.37. The highest BCUT2D eigenvalue weighted by Gasteiger charge is 2.27. The lowest BCUT2D eigenvalue weighted by molar-refractivity contribution is 0.236. The van der Waals surface area contributed by atoms with E-state index in [9.17, 15) is 9.59 Å². The Morgan fingerprint density at radius 3 is 2.18 bits per heavy atom. The van der Waals surface area contributed by atoms with Gasteiger partial charge in [-0.2, -0.15) is 0 Å². The van der Waals surface area contributed by atoms with Crippen molar-refractivity contribution in [3.63, 3.8) is 0 Å². The largest absolute Gasteiger partial charge is 0.340 e. The van der Waals surface area contributed by atoms with E-state index in [1.54, 1.807) is 0 Å². The highest BCUT2D eigenvalue weighted by atomic mass is 35.5. The molecule has 1 heterocycles. The molecule has 1 saturated heterocycles. The molecule has 1 aliphatic rings. The number of imide groups is 1. The summed E-state index contributed by atoms with van der Waals surface area (Å²) < 4.78 is 0. The molecule has 0 bridgehead atoms. The molecule has 1 fully saturated rings. The van der Waals surface area contributed by atoms with Crippen LogP contribution in [0.15, 0.2) is 24.3 Å². The molecule has 0 radical (unpaired) electrons. The van der Waals surface area contributed by atoms with Gasteiger partial charge in [-0.15, -0.1) is 12.4 Å². The second kappa shape index (κ2) is 8.60. The Hall–Kier alpha value is -1.79. The Bertz CT molecular complexity index is 502. The smallest absolute Gasteiger partial charge is 0.329 e. The van der Waals surface area contributed by atoms with Gasteiger partial charge in [0.15, 0.2) is 0 Å². The maximum atomic E-state index is 12.1. The molecule has 1 aromatic carbocycles. The molecule has 22 heavy (non-hydrogen) atoms. The second-order valence-corrected chi connectivity index (χ2v) is 5.03. The summed E-state index contributed by atoms with van der Waals surface area (Å²) in [7, 11) is 3.04. The van der Waals surface area contributed by atoms with Crippen LogP contribution in [0.5, 0.6) is 0 Å². The van der Waals surface area contributed by atoms with Gasteiger partial charge >= 0.3 is 12.1 Å². The Kier molecular flexibility index (Phi) is 7.14. The van der Waals surface area contributed by atoms with Gasteiger partial charge in [0, 0.05) is 14.1 Å². The molecular formula is C15H23ClN4O2. The first-order valence-electron chi connectivity index (χ1n) is 7.22. The van der Waals surface area contributed by atoms with Crippen LogP contribution < -0.4 is 20.9 Å². The number of hydrogen-bond acceptors (Lipinski definition) is 3. The number of anilines is 1. The first-order chi connectivity index (χ1) is 10.2. The van der Waals surface area contributed by atoms with Crippen molar-refractivity contribution in [2.24, 2.45) is 0 Å². The van der Waals surface area contributed by atoms with E-state index >= 15 is 0 Å². The van der Waals surface area contributed by atoms with Crippen molar-refractivity contribution in [2.45, 2.75) is 18.8 Å². The molecule has 0 atom stereocenters. The highest BCUT2D eigenvalue weighted by molar-refractivity contribution is 6.13. The topological polar surface area (TPSA) is 73.5 Å². The minimum absolute atomic E-state index is 0. The van der Waals surface area contributed by atoms with Crippen LogP contribution in [0.25, 0.3) is 0 Å². The first-order valence-corrected chi connectivity index (χ1v) is 7.22. The van der Waals surface area contributed by atoms with E-state index in [0.29, 0.717) is 11.6 Å². The summed E-state index contributed by atoms with van der Waals surface area (Å²) in [6.07, 6.45) is 2.01. The van der Waals surface area contributed by atoms with Gasteiger partial charge in [0.2, 0.25) is 0 Å². The first kappa shape index (κ1) is 18.3. The number of piperidine rings is 1. The Morgan fingerprint density at radius 1 is 1.09 bits per heavy atom. The van der Waals surface area contributed by atoms with Gasteiger partial charge in [-0.3, -0.25) is 0 Å². The zero-order valence-electron chi connectivity index (χ0n) is 12.9. The van der Waals surface area contributed by atoms with Crippen molar-refractivity contribution in [3.05, 3.63) is 29.8 Å². The van der Waals surface area contributed by atoms with Crippen LogP contribution in [0.2, 0.25) is 0 Å². The van der Waals surface area contributed by atoms with E-state index in [4.69, 9.17) is 0 Å². The molecule has 1 aromatic rings. The van der Waals surface area contributed by atoms with Crippen LogP contribution in [-0.4, -0.2) is 39.2 Å². The zero-order valence-corrected chi connectivity index (χ0v) is 13.7. The normalized spacial score (nSPS) is 14.6. The molecule has 0 aliphatic carbocycles. The van der Waals surface area contributed by atoms with Crippen molar-refractivity contribution in [1.82, 2.24) is 16.0 Å². The Labute approximate surface area is 137 Å².